The number of nitrogens with zero attached hydrogens (tertiary/aromatic N) is 1. The fourth-order valence-corrected chi connectivity index (χ4v) is 2.31. The predicted molar refractivity (Wildman–Crippen MR) is 92.5 cm³/mol. The van der Waals surface area contributed by atoms with E-state index in [0.717, 1.165) is 17.8 Å². The SMILES string of the molecule is CCN(CCOC(=O)Oc1cc(C)ccc1Cl)c1ccccc1. The van der Waals surface area contributed by atoms with Gasteiger partial charge in [-0.05, 0) is 43.7 Å². The summed E-state index contributed by atoms with van der Waals surface area (Å²) in [4.78, 5) is 13.9. The van der Waals surface area contributed by atoms with Crippen LogP contribution in [0.25, 0.3) is 0 Å². The Balaban J connectivity index is 1.83. The minimum Gasteiger partial charge on any atom is -0.432 e. The van der Waals surface area contributed by atoms with E-state index < -0.39 is 6.16 Å². The minimum atomic E-state index is -0.749. The van der Waals surface area contributed by atoms with Gasteiger partial charge in [0.1, 0.15) is 6.61 Å². The van der Waals surface area contributed by atoms with E-state index in [-0.39, 0.29) is 6.61 Å². The molecule has 0 aromatic heterocycles. The van der Waals surface area contributed by atoms with Crippen molar-refractivity contribution in [3.8, 4) is 5.75 Å². The Labute approximate surface area is 141 Å². The standard InChI is InChI=1S/C18H20ClNO3/c1-3-20(15-7-5-4-6-8-15)11-12-22-18(21)23-17-13-14(2)9-10-16(17)19/h4-10,13H,3,11-12H2,1-2H3. The van der Waals surface area contributed by atoms with Crippen LogP contribution in [0.1, 0.15) is 12.5 Å². The Morgan fingerprint density at radius 2 is 1.91 bits per heavy atom. The van der Waals surface area contributed by atoms with Gasteiger partial charge < -0.3 is 14.4 Å². The van der Waals surface area contributed by atoms with Crippen molar-refractivity contribution in [2.45, 2.75) is 13.8 Å². The van der Waals surface area contributed by atoms with E-state index in [0.29, 0.717) is 17.3 Å². The largest absolute Gasteiger partial charge is 0.513 e. The summed E-state index contributed by atoms with van der Waals surface area (Å²) in [5.74, 6) is 0.312. The summed E-state index contributed by atoms with van der Waals surface area (Å²) >= 11 is 5.99. The molecule has 4 nitrogen and oxygen atoms in total. The van der Waals surface area contributed by atoms with Gasteiger partial charge in [0.2, 0.25) is 0 Å². The second-order valence-corrected chi connectivity index (χ2v) is 5.46. The highest BCUT2D eigenvalue weighted by molar-refractivity contribution is 6.32. The van der Waals surface area contributed by atoms with Crippen molar-refractivity contribution in [2.24, 2.45) is 0 Å². The third-order valence-corrected chi connectivity index (χ3v) is 3.68. The topological polar surface area (TPSA) is 38.8 Å². The molecule has 0 aliphatic carbocycles. The lowest BCUT2D eigenvalue weighted by molar-refractivity contribution is 0.101. The number of hydrogen-bond acceptors (Lipinski definition) is 4. The zero-order chi connectivity index (χ0) is 16.7. The number of para-hydroxylation sites is 1. The minimum absolute atomic E-state index is 0.241. The van der Waals surface area contributed by atoms with E-state index in [1.54, 1.807) is 12.1 Å². The molecule has 122 valence electrons. The molecule has 0 bridgehead atoms. The Kier molecular flexibility index (Phi) is 6.29. The Morgan fingerprint density at radius 3 is 2.61 bits per heavy atom. The zero-order valence-electron chi connectivity index (χ0n) is 13.3. The fraction of sp³-hybridized carbons (Fsp3) is 0.278. The number of aryl methyl sites for hydroxylation is 1. The maximum Gasteiger partial charge on any atom is 0.513 e. The van der Waals surface area contributed by atoms with E-state index in [9.17, 15) is 4.79 Å². The van der Waals surface area contributed by atoms with E-state index in [1.807, 2.05) is 43.3 Å². The highest BCUT2D eigenvalue weighted by Crippen LogP contribution is 2.25. The molecule has 0 saturated heterocycles. The van der Waals surface area contributed by atoms with Crippen LogP contribution in [0.4, 0.5) is 10.5 Å². The van der Waals surface area contributed by atoms with Crippen LogP contribution in [0.5, 0.6) is 5.75 Å². The molecular formula is C18H20ClNO3. The van der Waals surface area contributed by atoms with Crippen molar-refractivity contribution in [2.75, 3.05) is 24.6 Å². The average molecular weight is 334 g/mol. The Hall–Kier alpha value is -2.20. The Morgan fingerprint density at radius 1 is 1.17 bits per heavy atom. The number of hydrogen-bond donors (Lipinski definition) is 0. The number of likely N-dealkylation sites (N-methyl/N-ethyl adjacent to an activating group) is 1. The first kappa shape index (κ1) is 17.2. The smallest absolute Gasteiger partial charge is 0.432 e. The molecule has 5 heteroatoms. The van der Waals surface area contributed by atoms with Crippen LogP contribution in [0, 0.1) is 6.92 Å². The van der Waals surface area contributed by atoms with Gasteiger partial charge in [-0.15, -0.1) is 0 Å². The molecule has 0 unspecified atom stereocenters. The van der Waals surface area contributed by atoms with Crippen molar-refractivity contribution >= 4 is 23.4 Å². The molecule has 2 rings (SSSR count). The first-order valence-electron chi connectivity index (χ1n) is 7.51. The third kappa shape index (κ3) is 5.18. The molecule has 0 saturated carbocycles. The van der Waals surface area contributed by atoms with Gasteiger partial charge >= 0.3 is 6.16 Å². The molecule has 0 heterocycles. The van der Waals surface area contributed by atoms with E-state index in [1.165, 1.54) is 0 Å². The van der Waals surface area contributed by atoms with Gasteiger partial charge in [-0.25, -0.2) is 4.79 Å². The van der Waals surface area contributed by atoms with Gasteiger partial charge in [0.05, 0.1) is 11.6 Å². The predicted octanol–water partition coefficient (Wildman–Crippen LogP) is 4.69. The first-order chi connectivity index (χ1) is 11.1. The second-order valence-electron chi connectivity index (χ2n) is 5.05. The van der Waals surface area contributed by atoms with Gasteiger partial charge in [0.25, 0.3) is 0 Å². The van der Waals surface area contributed by atoms with Crippen molar-refractivity contribution in [1.82, 2.24) is 0 Å². The number of anilines is 1. The number of halogens is 1. The van der Waals surface area contributed by atoms with Crippen molar-refractivity contribution in [1.29, 1.82) is 0 Å². The van der Waals surface area contributed by atoms with Gasteiger partial charge in [-0.3, -0.25) is 0 Å². The van der Waals surface area contributed by atoms with Crippen LogP contribution in [0.2, 0.25) is 5.02 Å². The van der Waals surface area contributed by atoms with Gasteiger partial charge in [-0.2, -0.15) is 0 Å². The number of rotatable bonds is 6. The number of ether oxygens (including phenoxy) is 2. The lowest BCUT2D eigenvalue weighted by atomic mass is 10.2. The molecule has 0 fully saturated rings. The number of carbonyl (C=O) groups excluding carboxylic acids is 1. The molecule has 23 heavy (non-hydrogen) atoms. The van der Waals surface area contributed by atoms with E-state index in [4.69, 9.17) is 21.1 Å². The lowest BCUT2D eigenvalue weighted by Gasteiger charge is -2.22. The zero-order valence-corrected chi connectivity index (χ0v) is 14.0. The van der Waals surface area contributed by atoms with Gasteiger partial charge in [-0.1, -0.05) is 35.9 Å². The summed E-state index contributed by atoms with van der Waals surface area (Å²) in [6.45, 7) is 5.61. The third-order valence-electron chi connectivity index (χ3n) is 3.36. The normalized spacial score (nSPS) is 10.2. The van der Waals surface area contributed by atoms with Crippen LogP contribution in [0.15, 0.2) is 48.5 Å². The molecule has 0 atom stereocenters. The van der Waals surface area contributed by atoms with Crippen LogP contribution in [-0.2, 0) is 4.74 Å². The summed E-state index contributed by atoms with van der Waals surface area (Å²) < 4.78 is 10.3. The van der Waals surface area contributed by atoms with Crippen LogP contribution >= 0.6 is 11.6 Å². The molecular weight excluding hydrogens is 314 g/mol. The van der Waals surface area contributed by atoms with Crippen molar-refractivity contribution in [3.05, 3.63) is 59.1 Å². The first-order valence-corrected chi connectivity index (χ1v) is 7.88. The molecule has 0 N–H and O–H groups in total. The second kappa shape index (κ2) is 8.44. The summed E-state index contributed by atoms with van der Waals surface area (Å²) in [5, 5.41) is 0.382. The van der Waals surface area contributed by atoms with E-state index >= 15 is 0 Å². The van der Waals surface area contributed by atoms with Gasteiger partial charge in [0, 0.05) is 12.2 Å². The molecule has 0 amide bonds. The molecule has 2 aromatic carbocycles. The highest BCUT2D eigenvalue weighted by Gasteiger charge is 2.11. The molecule has 0 aliphatic heterocycles. The highest BCUT2D eigenvalue weighted by atomic mass is 35.5. The van der Waals surface area contributed by atoms with E-state index in [2.05, 4.69) is 11.8 Å². The maximum absolute atomic E-state index is 11.8. The summed E-state index contributed by atoms with van der Waals surface area (Å²) in [6, 6.07) is 15.2. The van der Waals surface area contributed by atoms with Gasteiger partial charge in [0.15, 0.2) is 5.75 Å². The summed E-state index contributed by atoms with van der Waals surface area (Å²) in [7, 11) is 0. The lowest BCUT2D eigenvalue weighted by Crippen LogP contribution is -2.28. The molecule has 0 radical (unpaired) electrons. The monoisotopic (exact) mass is 333 g/mol. The van der Waals surface area contributed by atoms with Crippen LogP contribution in [-0.4, -0.2) is 25.9 Å². The quantitative estimate of drug-likeness (QED) is 0.568. The number of carbonyl (C=O) groups is 1. The maximum atomic E-state index is 11.8. The number of benzene rings is 2. The molecule has 0 spiro atoms. The van der Waals surface area contributed by atoms with Crippen LogP contribution < -0.4 is 9.64 Å². The van der Waals surface area contributed by atoms with Crippen LogP contribution in [0.3, 0.4) is 0 Å². The molecule has 2 aromatic rings. The average Bonchev–Trinajstić information content (AvgIpc) is 2.56. The van der Waals surface area contributed by atoms with Crippen molar-refractivity contribution < 1.29 is 14.3 Å². The summed E-state index contributed by atoms with van der Waals surface area (Å²) in [5.41, 5.74) is 2.05. The fourth-order valence-electron chi connectivity index (χ4n) is 2.16. The molecule has 0 aliphatic rings. The van der Waals surface area contributed by atoms with Crippen molar-refractivity contribution in [3.63, 3.8) is 0 Å². The summed E-state index contributed by atoms with van der Waals surface area (Å²) in [6.07, 6.45) is -0.749. The Bertz CT molecular complexity index is 646.